The molecule has 0 atom stereocenters. The highest BCUT2D eigenvalue weighted by atomic mass is 16.3. The highest BCUT2D eigenvalue weighted by Gasteiger charge is 2.19. The van der Waals surface area contributed by atoms with Crippen LogP contribution in [-0.4, -0.2) is 49.2 Å². The lowest BCUT2D eigenvalue weighted by molar-refractivity contribution is -0.122. The van der Waals surface area contributed by atoms with Crippen LogP contribution in [0.3, 0.4) is 0 Å². The highest BCUT2D eigenvalue weighted by Crippen LogP contribution is 2.26. The van der Waals surface area contributed by atoms with Crippen molar-refractivity contribution in [2.75, 3.05) is 33.3 Å². The normalized spacial score (nSPS) is 16.8. The minimum absolute atomic E-state index is 0.000809. The van der Waals surface area contributed by atoms with Crippen molar-refractivity contribution in [2.45, 2.75) is 19.3 Å². The summed E-state index contributed by atoms with van der Waals surface area (Å²) in [7, 11) is 1.97. The van der Waals surface area contributed by atoms with E-state index in [-0.39, 0.29) is 12.5 Å². The average Bonchev–Trinajstić information content (AvgIpc) is 2.08. The molecule has 4 heteroatoms. The maximum Gasteiger partial charge on any atom is 0.234 e. The Labute approximate surface area is 85.3 Å². The minimum Gasteiger partial charge on any atom is -0.395 e. The molecule has 14 heavy (non-hydrogen) atoms. The van der Waals surface area contributed by atoms with Crippen LogP contribution >= 0.6 is 0 Å². The molecule has 0 aromatic carbocycles. The predicted molar refractivity (Wildman–Crippen MR) is 54.9 cm³/mol. The molecule has 0 aromatic rings. The molecule has 4 nitrogen and oxygen atoms in total. The summed E-state index contributed by atoms with van der Waals surface area (Å²) in [6.45, 7) is 1.83. The van der Waals surface area contributed by atoms with Gasteiger partial charge in [-0.1, -0.05) is 6.42 Å². The molecule has 0 saturated heterocycles. The van der Waals surface area contributed by atoms with Gasteiger partial charge in [-0.05, 0) is 25.8 Å². The van der Waals surface area contributed by atoms with Crippen LogP contribution in [-0.2, 0) is 4.79 Å². The predicted octanol–water partition coefficient (Wildman–Crippen LogP) is -0.173. The number of nitrogens with one attached hydrogen (secondary N) is 1. The second kappa shape index (κ2) is 5.98. The summed E-state index contributed by atoms with van der Waals surface area (Å²) >= 11 is 0. The van der Waals surface area contributed by atoms with Crippen molar-refractivity contribution in [3.05, 3.63) is 0 Å². The van der Waals surface area contributed by atoms with Crippen molar-refractivity contribution >= 4 is 5.91 Å². The largest absolute Gasteiger partial charge is 0.395 e. The van der Waals surface area contributed by atoms with Crippen LogP contribution in [0, 0.1) is 5.92 Å². The van der Waals surface area contributed by atoms with E-state index in [1.54, 1.807) is 0 Å². The number of carbonyl (C=O) groups is 1. The SMILES string of the molecule is CN(CC(=O)NCCO)CC1CCC1. The van der Waals surface area contributed by atoms with Crippen molar-refractivity contribution < 1.29 is 9.90 Å². The first-order chi connectivity index (χ1) is 6.72. The molecule has 1 aliphatic carbocycles. The Morgan fingerprint density at radius 2 is 2.29 bits per heavy atom. The number of aliphatic hydroxyl groups excluding tert-OH is 1. The summed E-state index contributed by atoms with van der Waals surface area (Å²) in [5, 5.41) is 11.2. The van der Waals surface area contributed by atoms with Gasteiger partial charge in [-0.3, -0.25) is 9.69 Å². The van der Waals surface area contributed by atoms with Gasteiger partial charge in [0.2, 0.25) is 5.91 Å². The number of hydrogen-bond donors (Lipinski definition) is 2. The van der Waals surface area contributed by atoms with E-state index in [2.05, 4.69) is 10.2 Å². The van der Waals surface area contributed by atoms with Crippen molar-refractivity contribution in [1.29, 1.82) is 0 Å². The number of amides is 1. The van der Waals surface area contributed by atoms with Crippen molar-refractivity contribution in [2.24, 2.45) is 5.92 Å². The second-order valence-electron chi connectivity index (χ2n) is 4.07. The third-order valence-corrected chi connectivity index (χ3v) is 2.64. The van der Waals surface area contributed by atoms with Crippen LogP contribution in [0.2, 0.25) is 0 Å². The molecular formula is C10H20N2O2. The number of rotatable bonds is 6. The molecule has 1 fully saturated rings. The topological polar surface area (TPSA) is 52.6 Å². The second-order valence-corrected chi connectivity index (χ2v) is 4.07. The van der Waals surface area contributed by atoms with Crippen LogP contribution in [0.4, 0.5) is 0 Å². The van der Waals surface area contributed by atoms with Gasteiger partial charge in [0, 0.05) is 13.1 Å². The Bertz CT molecular complexity index is 181. The van der Waals surface area contributed by atoms with Gasteiger partial charge in [-0.15, -0.1) is 0 Å². The number of nitrogens with zero attached hydrogens (tertiary/aromatic N) is 1. The Balaban J connectivity index is 2.05. The summed E-state index contributed by atoms with van der Waals surface area (Å²) < 4.78 is 0. The summed E-state index contributed by atoms with van der Waals surface area (Å²) in [5.41, 5.74) is 0. The van der Waals surface area contributed by atoms with Crippen molar-refractivity contribution in [1.82, 2.24) is 10.2 Å². The Kier molecular flexibility index (Phi) is 4.90. The maximum atomic E-state index is 11.2. The molecule has 0 radical (unpaired) electrons. The molecular weight excluding hydrogens is 180 g/mol. The van der Waals surface area contributed by atoms with Crippen molar-refractivity contribution in [3.8, 4) is 0 Å². The Morgan fingerprint density at radius 1 is 1.57 bits per heavy atom. The van der Waals surface area contributed by atoms with Gasteiger partial charge in [0.25, 0.3) is 0 Å². The first-order valence-corrected chi connectivity index (χ1v) is 5.28. The first kappa shape index (κ1) is 11.5. The smallest absolute Gasteiger partial charge is 0.234 e. The summed E-state index contributed by atoms with van der Waals surface area (Å²) in [4.78, 5) is 13.3. The molecule has 0 aromatic heterocycles. The third-order valence-electron chi connectivity index (χ3n) is 2.64. The molecule has 0 aliphatic heterocycles. The van der Waals surface area contributed by atoms with Gasteiger partial charge in [0.15, 0.2) is 0 Å². The third kappa shape index (κ3) is 4.07. The van der Waals surface area contributed by atoms with Crippen LogP contribution in [0.5, 0.6) is 0 Å². The standard InChI is InChI=1S/C10H20N2O2/c1-12(7-9-3-2-4-9)8-10(14)11-5-6-13/h9,13H,2-8H2,1H3,(H,11,14). The fraction of sp³-hybridized carbons (Fsp3) is 0.900. The summed E-state index contributed by atoms with van der Waals surface area (Å²) in [6.07, 6.45) is 3.96. The van der Waals surface area contributed by atoms with Crippen LogP contribution in [0.1, 0.15) is 19.3 Å². The van der Waals surface area contributed by atoms with Gasteiger partial charge in [-0.2, -0.15) is 0 Å². The Morgan fingerprint density at radius 3 is 2.79 bits per heavy atom. The van der Waals surface area contributed by atoms with Gasteiger partial charge in [0.1, 0.15) is 0 Å². The number of hydrogen-bond acceptors (Lipinski definition) is 3. The van der Waals surface area contributed by atoms with Gasteiger partial charge in [0.05, 0.1) is 13.2 Å². The zero-order valence-corrected chi connectivity index (χ0v) is 8.83. The first-order valence-electron chi connectivity index (χ1n) is 5.28. The lowest BCUT2D eigenvalue weighted by Crippen LogP contribution is -2.39. The lowest BCUT2D eigenvalue weighted by Gasteiger charge is -2.29. The molecule has 1 saturated carbocycles. The molecule has 1 rings (SSSR count). The minimum atomic E-state index is 0.000809. The maximum absolute atomic E-state index is 11.2. The zero-order valence-electron chi connectivity index (χ0n) is 8.83. The Hall–Kier alpha value is -0.610. The van der Waals surface area contributed by atoms with E-state index >= 15 is 0 Å². The molecule has 1 aliphatic rings. The molecule has 0 bridgehead atoms. The molecule has 0 unspecified atom stereocenters. The van der Waals surface area contributed by atoms with Crippen LogP contribution in [0.15, 0.2) is 0 Å². The molecule has 2 N–H and O–H groups in total. The van der Waals surface area contributed by atoms with E-state index in [1.807, 2.05) is 7.05 Å². The fourth-order valence-electron chi connectivity index (χ4n) is 1.68. The summed E-state index contributed by atoms with van der Waals surface area (Å²) in [6, 6.07) is 0. The van der Waals surface area contributed by atoms with E-state index < -0.39 is 0 Å². The van der Waals surface area contributed by atoms with E-state index in [4.69, 9.17) is 5.11 Å². The lowest BCUT2D eigenvalue weighted by atomic mass is 9.85. The van der Waals surface area contributed by atoms with Gasteiger partial charge in [-0.25, -0.2) is 0 Å². The highest BCUT2D eigenvalue weighted by molar-refractivity contribution is 5.77. The molecule has 0 heterocycles. The van der Waals surface area contributed by atoms with Gasteiger partial charge >= 0.3 is 0 Å². The monoisotopic (exact) mass is 200 g/mol. The number of carbonyl (C=O) groups excluding carboxylic acids is 1. The molecule has 1 amide bonds. The molecule has 0 spiro atoms. The van der Waals surface area contributed by atoms with E-state index in [9.17, 15) is 4.79 Å². The van der Waals surface area contributed by atoms with Crippen molar-refractivity contribution in [3.63, 3.8) is 0 Å². The van der Waals surface area contributed by atoms with Crippen LogP contribution < -0.4 is 5.32 Å². The average molecular weight is 200 g/mol. The van der Waals surface area contributed by atoms with E-state index in [0.717, 1.165) is 12.5 Å². The number of likely N-dealkylation sites (N-methyl/N-ethyl adjacent to an activating group) is 1. The fourth-order valence-corrected chi connectivity index (χ4v) is 1.68. The van der Waals surface area contributed by atoms with E-state index in [0.29, 0.717) is 13.1 Å². The zero-order chi connectivity index (χ0) is 10.4. The molecule has 82 valence electrons. The van der Waals surface area contributed by atoms with E-state index in [1.165, 1.54) is 19.3 Å². The number of aliphatic hydroxyl groups is 1. The van der Waals surface area contributed by atoms with Crippen LogP contribution in [0.25, 0.3) is 0 Å². The van der Waals surface area contributed by atoms with Gasteiger partial charge < -0.3 is 10.4 Å². The summed E-state index contributed by atoms with van der Waals surface area (Å²) in [5.74, 6) is 0.798. The quantitative estimate of drug-likeness (QED) is 0.626.